The van der Waals surface area contributed by atoms with Gasteiger partial charge in [0.1, 0.15) is 5.75 Å². The predicted molar refractivity (Wildman–Crippen MR) is 59.2 cm³/mol. The Morgan fingerprint density at radius 3 is 2.60 bits per heavy atom. The van der Waals surface area contributed by atoms with E-state index in [0.29, 0.717) is 6.42 Å². The molecule has 0 aliphatic carbocycles. The molecule has 1 aliphatic rings. The molecule has 2 heteroatoms. The van der Waals surface area contributed by atoms with Crippen LogP contribution < -0.4 is 4.74 Å². The third-order valence-electron chi connectivity index (χ3n) is 2.93. The van der Waals surface area contributed by atoms with Crippen LogP contribution in [0, 0.1) is 13.8 Å². The Labute approximate surface area is 90.3 Å². The van der Waals surface area contributed by atoms with Gasteiger partial charge in [-0.3, -0.25) is 4.79 Å². The number of fused-ring (bicyclic) bond motifs is 1. The molecule has 2 nitrogen and oxygen atoms in total. The second-order valence-electron chi connectivity index (χ2n) is 4.99. The molecule has 0 bridgehead atoms. The lowest BCUT2D eigenvalue weighted by Gasteiger charge is -2.32. The van der Waals surface area contributed by atoms with Gasteiger partial charge < -0.3 is 4.74 Å². The van der Waals surface area contributed by atoms with E-state index in [2.05, 4.69) is 26.8 Å². The first kappa shape index (κ1) is 10.2. The largest absolute Gasteiger partial charge is 0.426 e. The molecule has 1 aromatic carbocycles. The fraction of sp³-hybridized carbons (Fsp3) is 0.462. The van der Waals surface area contributed by atoms with E-state index in [-0.39, 0.29) is 11.4 Å². The van der Waals surface area contributed by atoms with Gasteiger partial charge in [-0.2, -0.15) is 0 Å². The topological polar surface area (TPSA) is 26.3 Å². The van der Waals surface area contributed by atoms with Crippen LogP contribution >= 0.6 is 0 Å². The van der Waals surface area contributed by atoms with E-state index in [0.717, 1.165) is 11.3 Å². The van der Waals surface area contributed by atoms with Crippen LogP contribution in [-0.2, 0) is 10.2 Å². The van der Waals surface area contributed by atoms with E-state index < -0.39 is 0 Å². The minimum atomic E-state index is -0.127. The van der Waals surface area contributed by atoms with Crippen LogP contribution in [0.2, 0.25) is 0 Å². The Kier molecular flexibility index (Phi) is 2.10. The molecule has 0 fully saturated rings. The quantitative estimate of drug-likeness (QED) is 0.480. The Bertz CT molecular complexity index is 430. The number of aryl methyl sites for hydroxylation is 2. The fourth-order valence-corrected chi connectivity index (χ4v) is 2.48. The molecule has 1 heterocycles. The van der Waals surface area contributed by atoms with Crippen LogP contribution in [0.3, 0.4) is 0 Å². The van der Waals surface area contributed by atoms with Crippen LogP contribution in [0.5, 0.6) is 5.75 Å². The molecule has 0 radical (unpaired) electrons. The molecule has 0 aromatic heterocycles. The maximum atomic E-state index is 11.4. The normalized spacial score (nSPS) is 18.3. The zero-order valence-electron chi connectivity index (χ0n) is 9.68. The highest BCUT2D eigenvalue weighted by Gasteiger charge is 2.34. The number of rotatable bonds is 0. The molecule has 0 N–H and O–H groups in total. The van der Waals surface area contributed by atoms with Crippen molar-refractivity contribution in [2.75, 3.05) is 0 Å². The molecule has 1 aromatic rings. The van der Waals surface area contributed by atoms with Crippen molar-refractivity contribution in [1.29, 1.82) is 0 Å². The fourth-order valence-electron chi connectivity index (χ4n) is 2.48. The summed E-state index contributed by atoms with van der Waals surface area (Å²) in [6, 6.07) is 4.08. The second-order valence-corrected chi connectivity index (χ2v) is 4.99. The van der Waals surface area contributed by atoms with Crippen LogP contribution in [0.4, 0.5) is 0 Å². The van der Waals surface area contributed by atoms with E-state index >= 15 is 0 Å². The van der Waals surface area contributed by atoms with Crippen molar-refractivity contribution in [2.45, 2.75) is 39.5 Å². The summed E-state index contributed by atoms with van der Waals surface area (Å²) in [6.45, 7) is 8.28. The predicted octanol–water partition coefficient (Wildman–Crippen LogP) is 2.89. The zero-order valence-corrected chi connectivity index (χ0v) is 9.68. The summed E-state index contributed by atoms with van der Waals surface area (Å²) < 4.78 is 5.29. The molecule has 15 heavy (non-hydrogen) atoms. The smallest absolute Gasteiger partial charge is 0.312 e. The van der Waals surface area contributed by atoms with Crippen LogP contribution in [0.1, 0.15) is 37.0 Å². The molecule has 0 amide bonds. The SMILES string of the molecule is Cc1cc(C)c2c(c1)OC(=O)CC2(C)C. The molecular weight excluding hydrogens is 188 g/mol. The van der Waals surface area contributed by atoms with Gasteiger partial charge in [0.15, 0.2) is 0 Å². The van der Waals surface area contributed by atoms with Gasteiger partial charge in [-0.05, 0) is 31.0 Å². The van der Waals surface area contributed by atoms with Crippen molar-refractivity contribution in [3.8, 4) is 5.75 Å². The summed E-state index contributed by atoms with van der Waals surface area (Å²) in [7, 11) is 0. The first-order valence-corrected chi connectivity index (χ1v) is 5.22. The molecule has 80 valence electrons. The van der Waals surface area contributed by atoms with Gasteiger partial charge in [-0.1, -0.05) is 19.9 Å². The number of carbonyl (C=O) groups excluding carboxylic acids is 1. The van der Waals surface area contributed by atoms with Gasteiger partial charge in [0.25, 0.3) is 0 Å². The third kappa shape index (κ3) is 1.65. The number of esters is 1. The Hall–Kier alpha value is -1.31. The number of hydrogen-bond donors (Lipinski definition) is 0. The van der Waals surface area contributed by atoms with Gasteiger partial charge in [-0.15, -0.1) is 0 Å². The maximum absolute atomic E-state index is 11.4. The van der Waals surface area contributed by atoms with Crippen LogP contribution in [0.15, 0.2) is 12.1 Å². The first-order valence-electron chi connectivity index (χ1n) is 5.22. The number of carbonyl (C=O) groups is 1. The lowest BCUT2D eigenvalue weighted by Crippen LogP contribution is -2.31. The van der Waals surface area contributed by atoms with Gasteiger partial charge in [0.05, 0.1) is 6.42 Å². The summed E-state index contributed by atoms with van der Waals surface area (Å²) in [5.41, 5.74) is 3.41. The van der Waals surface area contributed by atoms with E-state index in [9.17, 15) is 4.79 Å². The van der Waals surface area contributed by atoms with Crippen LogP contribution in [-0.4, -0.2) is 5.97 Å². The molecule has 0 saturated carbocycles. The molecule has 0 unspecified atom stereocenters. The monoisotopic (exact) mass is 204 g/mol. The average Bonchev–Trinajstić information content (AvgIpc) is 1.97. The summed E-state index contributed by atoms with van der Waals surface area (Å²) >= 11 is 0. The highest BCUT2D eigenvalue weighted by Crippen LogP contribution is 2.41. The Morgan fingerprint density at radius 2 is 1.93 bits per heavy atom. The average molecular weight is 204 g/mol. The molecule has 0 saturated heterocycles. The molecule has 1 aliphatic heterocycles. The van der Waals surface area contributed by atoms with Gasteiger partial charge in [0.2, 0.25) is 0 Å². The van der Waals surface area contributed by atoms with Crippen molar-refractivity contribution in [1.82, 2.24) is 0 Å². The molecular formula is C13H16O2. The van der Waals surface area contributed by atoms with Crippen molar-refractivity contribution >= 4 is 5.97 Å². The van der Waals surface area contributed by atoms with Gasteiger partial charge >= 0.3 is 5.97 Å². The van der Waals surface area contributed by atoms with E-state index in [4.69, 9.17) is 4.74 Å². The third-order valence-corrected chi connectivity index (χ3v) is 2.93. The highest BCUT2D eigenvalue weighted by molar-refractivity contribution is 5.78. The Morgan fingerprint density at radius 1 is 1.27 bits per heavy atom. The van der Waals surface area contributed by atoms with E-state index in [1.807, 2.05) is 13.0 Å². The zero-order chi connectivity index (χ0) is 11.2. The van der Waals surface area contributed by atoms with Gasteiger partial charge in [0, 0.05) is 11.0 Å². The molecule has 0 spiro atoms. The van der Waals surface area contributed by atoms with Crippen LogP contribution in [0.25, 0.3) is 0 Å². The lowest BCUT2D eigenvalue weighted by molar-refractivity contribution is -0.136. The summed E-state index contributed by atoms with van der Waals surface area (Å²) in [5, 5.41) is 0. The summed E-state index contributed by atoms with van der Waals surface area (Å²) in [5.74, 6) is 0.617. The number of hydrogen-bond acceptors (Lipinski definition) is 2. The van der Waals surface area contributed by atoms with Gasteiger partial charge in [-0.25, -0.2) is 0 Å². The summed E-state index contributed by atoms with van der Waals surface area (Å²) in [4.78, 5) is 11.4. The second kappa shape index (κ2) is 3.09. The minimum absolute atomic E-state index is 0.109. The van der Waals surface area contributed by atoms with Crippen molar-refractivity contribution in [3.63, 3.8) is 0 Å². The highest BCUT2D eigenvalue weighted by atomic mass is 16.5. The lowest BCUT2D eigenvalue weighted by atomic mass is 9.77. The standard InChI is InChI=1S/C13H16O2/c1-8-5-9(2)12-10(6-8)15-11(14)7-13(12,3)4/h5-6H,7H2,1-4H3. The number of benzene rings is 1. The maximum Gasteiger partial charge on any atom is 0.312 e. The van der Waals surface area contributed by atoms with Crippen molar-refractivity contribution < 1.29 is 9.53 Å². The van der Waals surface area contributed by atoms with Crippen molar-refractivity contribution in [2.24, 2.45) is 0 Å². The Balaban J connectivity index is 2.67. The summed E-state index contributed by atoms with van der Waals surface area (Å²) in [6.07, 6.45) is 0.462. The molecule has 2 rings (SSSR count). The minimum Gasteiger partial charge on any atom is -0.426 e. The number of ether oxygens (including phenoxy) is 1. The molecule has 0 atom stereocenters. The van der Waals surface area contributed by atoms with E-state index in [1.165, 1.54) is 11.1 Å². The van der Waals surface area contributed by atoms with E-state index in [1.54, 1.807) is 0 Å². The first-order chi connectivity index (χ1) is 6.90. The van der Waals surface area contributed by atoms with Crippen molar-refractivity contribution in [3.05, 3.63) is 28.8 Å².